The number of anilines is 2. The predicted octanol–water partition coefficient (Wildman–Crippen LogP) is 0.923. The zero-order valence-corrected chi connectivity index (χ0v) is 10.1. The number of nitrogens with one attached hydrogen (secondary N) is 2. The molecule has 1 heterocycles. The van der Waals surface area contributed by atoms with Crippen LogP contribution in [0.1, 0.15) is 10.4 Å². The molecule has 102 valence electrons. The summed E-state index contributed by atoms with van der Waals surface area (Å²) in [6.07, 6.45) is 4.21. The first-order chi connectivity index (χ1) is 9.61. The van der Waals surface area contributed by atoms with Crippen LogP contribution in [0.2, 0.25) is 0 Å². The molecule has 0 aliphatic rings. The lowest BCUT2D eigenvalue weighted by molar-refractivity contribution is -0.384. The number of carbonyl (C=O) groups excluding carboxylic acids is 1. The monoisotopic (exact) mass is 274 g/mol. The summed E-state index contributed by atoms with van der Waals surface area (Å²) < 4.78 is 0. The fraction of sp³-hybridized carbons (Fsp3) is 0. The number of nitro benzene ring substituents is 1. The standard InChI is InChI=1S/C11H10N6O3/c12-16-9-2-1-7(17(19)20)5-8(9)11(18)15-10-6-13-3-4-14-10/h1-6,16H,12H2,(H,14,15,18). The van der Waals surface area contributed by atoms with Gasteiger partial charge in [-0.2, -0.15) is 0 Å². The van der Waals surface area contributed by atoms with Gasteiger partial charge in [0, 0.05) is 24.5 Å². The number of nitrogen functional groups attached to an aromatic ring is 1. The van der Waals surface area contributed by atoms with Crippen molar-refractivity contribution < 1.29 is 9.72 Å². The van der Waals surface area contributed by atoms with Crippen molar-refractivity contribution in [1.29, 1.82) is 0 Å². The summed E-state index contributed by atoms with van der Waals surface area (Å²) in [6.45, 7) is 0. The number of amides is 1. The second-order valence-electron chi connectivity index (χ2n) is 3.68. The maximum absolute atomic E-state index is 12.1. The van der Waals surface area contributed by atoms with Gasteiger partial charge in [-0.1, -0.05) is 0 Å². The number of hydrogen-bond donors (Lipinski definition) is 3. The predicted molar refractivity (Wildman–Crippen MR) is 70.9 cm³/mol. The number of nitro groups is 1. The number of hydrazine groups is 1. The fourth-order valence-corrected chi connectivity index (χ4v) is 1.51. The molecule has 0 saturated carbocycles. The fourth-order valence-electron chi connectivity index (χ4n) is 1.51. The Labute approximate surface area is 113 Å². The Bertz CT molecular complexity index is 646. The molecule has 2 rings (SSSR count). The Morgan fingerprint density at radius 1 is 1.35 bits per heavy atom. The molecule has 0 saturated heterocycles. The zero-order chi connectivity index (χ0) is 14.5. The summed E-state index contributed by atoms with van der Waals surface area (Å²) in [5.74, 6) is 4.93. The average molecular weight is 274 g/mol. The van der Waals surface area contributed by atoms with Crippen LogP contribution in [0.4, 0.5) is 17.2 Å². The minimum atomic E-state index is -0.598. The number of nitrogens with two attached hydrogens (primary N) is 1. The molecule has 4 N–H and O–H groups in total. The molecule has 0 spiro atoms. The van der Waals surface area contributed by atoms with Crippen LogP contribution in [-0.2, 0) is 0 Å². The van der Waals surface area contributed by atoms with Gasteiger partial charge < -0.3 is 10.7 Å². The molecule has 0 unspecified atom stereocenters. The lowest BCUT2D eigenvalue weighted by Crippen LogP contribution is -2.18. The van der Waals surface area contributed by atoms with Crippen LogP contribution in [0.15, 0.2) is 36.8 Å². The maximum Gasteiger partial charge on any atom is 0.270 e. The lowest BCUT2D eigenvalue weighted by Gasteiger charge is -2.08. The van der Waals surface area contributed by atoms with Crippen molar-refractivity contribution in [3.63, 3.8) is 0 Å². The van der Waals surface area contributed by atoms with Gasteiger partial charge in [0.05, 0.1) is 22.4 Å². The first-order valence-corrected chi connectivity index (χ1v) is 5.44. The van der Waals surface area contributed by atoms with Crippen LogP contribution in [0.3, 0.4) is 0 Å². The molecular formula is C11H10N6O3. The number of hydrogen-bond acceptors (Lipinski definition) is 7. The van der Waals surface area contributed by atoms with Gasteiger partial charge in [0.15, 0.2) is 5.82 Å². The highest BCUT2D eigenvalue weighted by Gasteiger charge is 2.16. The molecule has 20 heavy (non-hydrogen) atoms. The lowest BCUT2D eigenvalue weighted by atomic mass is 10.1. The number of rotatable bonds is 4. The SMILES string of the molecule is NNc1ccc([N+](=O)[O-])cc1C(=O)Nc1cnccn1. The molecule has 1 aromatic heterocycles. The van der Waals surface area contributed by atoms with Crippen molar-refractivity contribution in [3.8, 4) is 0 Å². The van der Waals surface area contributed by atoms with E-state index in [4.69, 9.17) is 5.84 Å². The van der Waals surface area contributed by atoms with Crippen LogP contribution in [0.5, 0.6) is 0 Å². The molecule has 1 amide bonds. The highest BCUT2D eigenvalue weighted by molar-refractivity contribution is 6.08. The van der Waals surface area contributed by atoms with E-state index in [0.717, 1.165) is 6.07 Å². The van der Waals surface area contributed by atoms with Gasteiger partial charge in [0.2, 0.25) is 0 Å². The molecule has 0 fully saturated rings. The summed E-state index contributed by atoms with van der Waals surface area (Å²) in [5.41, 5.74) is 2.39. The van der Waals surface area contributed by atoms with E-state index >= 15 is 0 Å². The second-order valence-corrected chi connectivity index (χ2v) is 3.68. The van der Waals surface area contributed by atoms with Gasteiger partial charge in [-0.3, -0.25) is 25.7 Å². The van der Waals surface area contributed by atoms with E-state index in [1.54, 1.807) is 0 Å². The van der Waals surface area contributed by atoms with Gasteiger partial charge >= 0.3 is 0 Å². The van der Waals surface area contributed by atoms with Crippen LogP contribution in [0, 0.1) is 10.1 Å². The minimum absolute atomic E-state index is 0.0346. The third kappa shape index (κ3) is 2.84. The van der Waals surface area contributed by atoms with Crippen molar-refractivity contribution in [2.45, 2.75) is 0 Å². The van der Waals surface area contributed by atoms with Gasteiger partial charge in [0.1, 0.15) is 0 Å². The summed E-state index contributed by atoms with van der Waals surface area (Å²) in [6, 6.07) is 3.72. The third-order valence-corrected chi connectivity index (χ3v) is 2.42. The number of benzene rings is 1. The molecule has 0 bridgehead atoms. The highest BCUT2D eigenvalue weighted by Crippen LogP contribution is 2.22. The summed E-state index contributed by atoms with van der Waals surface area (Å²) >= 11 is 0. The van der Waals surface area contributed by atoms with Gasteiger partial charge in [-0.05, 0) is 6.07 Å². The molecule has 1 aromatic carbocycles. The zero-order valence-electron chi connectivity index (χ0n) is 10.1. The largest absolute Gasteiger partial charge is 0.323 e. The van der Waals surface area contributed by atoms with Crippen LogP contribution < -0.4 is 16.6 Å². The van der Waals surface area contributed by atoms with Crippen LogP contribution in [-0.4, -0.2) is 20.8 Å². The molecule has 0 radical (unpaired) electrons. The number of aromatic nitrogens is 2. The number of carbonyl (C=O) groups is 1. The second kappa shape index (κ2) is 5.71. The summed E-state index contributed by atoms with van der Waals surface area (Å²) in [7, 11) is 0. The highest BCUT2D eigenvalue weighted by atomic mass is 16.6. The van der Waals surface area contributed by atoms with Crippen molar-refractivity contribution in [2.75, 3.05) is 10.7 Å². The molecule has 9 nitrogen and oxygen atoms in total. The number of non-ortho nitro benzene ring substituents is 1. The van der Waals surface area contributed by atoms with E-state index in [0.29, 0.717) is 0 Å². The van der Waals surface area contributed by atoms with Gasteiger partial charge in [-0.25, -0.2) is 4.98 Å². The van der Waals surface area contributed by atoms with Crippen molar-refractivity contribution >= 4 is 23.1 Å². The topological polar surface area (TPSA) is 136 Å². The van der Waals surface area contributed by atoms with Gasteiger partial charge in [0.25, 0.3) is 11.6 Å². The van der Waals surface area contributed by atoms with Gasteiger partial charge in [-0.15, -0.1) is 0 Å². The Balaban J connectivity index is 2.32. The Kier molecular flexibility index (Phi) is 3.82. The molecule has 2 aromatic rings. The summed E-state index contributed by atoms with van der Waals surface area (Å²) in [5, 5.41) is 13.2. The summed E-state index contributed by atoms with van der Waals surface area (Å²) in [4.78, 5) is 29.9. The Hall–Kier alpha value is -3.07. The molecule has 0 aliphatic heterocycles. The smallest absolute Gasteiger partial charge is 0.270 e. The normalized spacial score (nSPS) is 9.85. The molecule has 9 heteroatoms. The van der Waals surface area contributed by atoms with E-state index < -0.39 is 10.8 Å². The van der Waals surface area contributed by atoms with E-state index in [-0.39, 0.29) is 22.8 Å². The first kappa shape index (κ1) is 13.4. The third-order valence-electron chi connectivity index (χ3n) is 2.42. The quantitative estimate of drug-likeness (QED) is 0.428. The van der Waals surface area contributed by atoms with E-state index in [2.05, 4.69) is 20.7 Å². The maximum atomic E-state index is 12.1. The minimum Gasteiger partial charge on any atom is -0.323 e. The van der Waals surface area contributed by atoms with Crippen molar-refractivity contribution in [3.05, 3.63) is 52.5 Å². The molecule has 0 aliphatic carbocycles. The Morgan fingerprint density at radius 2 is 2.15 bits per heavy atom. The van der Waals surface area contributed by atoms with E-state index in [9.17, 15) is 14.9 Å². The first-order valence-electron chi connectivity index (χ1n) is 5.44. The van der Waals surface area contributed by atoms with Crippen LogP contribution in [0.25, 0.3) is 0 Å². The molecular weight excluding hydrogens is 264 g/mol. The van der Waals surface area contributed by atoms with E-state index in [1.807, 2.05) is 0 Å². The average Bonchev–Trinajstić information content (AvgIpc) is 2.47. The van der Waals surface area contributed by atoms with Crippen molar-refractivity contribution in [1.82, 2.24) is 9.97 Å². The Morgan fingerprint density at radius 3 is 2.75 bits per heavy atom. The van der Waals surface area contributed by atoms with Crippen molar-refractivity contribution in [2.24, 2.45) is 5.84 Å². The molecule has 0 atom stereocenters. The number of nitrogens with zero attached hydrogens (tertiary/aromatic N) is 3. The van der Waals surface area contributed by atoms with E-state index in [1.165, 1.54) is 30.7 Å². The van der Waals surface area contributed by atoms with Crippen LogP contribution >= 0.6 is 0 Å².